The van der Waals surface area contributed by atoms with Gasteiger partial charge in [-0.05, 0) is 42.0 Å². The van der Waals surface area contributed by atoms with E-state index in [-0.39, 0.29) is 5.54 Å². The van der Waals surface area contributed by atoms with Crippen molar-refractivity contribution in [1.29, 1.82) is 0 Å². The highest BCUT2D eigenvalue weighted by atomic mass is 35.5. The van der Waals surface area contributed by atoms with Gasteiger partial charge >= 0.3 is 0 Å². The van der Waals surface area contributed by atoms with Gasteiger partial charge in [-0.15, -0.1) is 11.3 Å². The van der Waals surface area contributed by atoms with Crippen LogP contribution in [0.4, 0.5) is 0 Å². The molecule has 2 atom stereocenters. The molecule has 0 aliphatic heterocycles. The second-order valence-electron chi connectivity index (χ2n) is 5.57. The minimum absolute atomic E-state index is 0.239. The lowest BCUT2D eigenvalue weighted by molar-refractivity contribution is 0.351. The van der Waals surface area contributed by atoms with E-state index in [0.717, 1.165) is 23.6 Å². The van der Waals surface area contributed by atoms with Crippen LogP contribution in [0.25, 0.3) is 0 Å². The van der Waals surface area contributed by atoms with E-state index < -0.39 is 0 Å². The summed E-state index contributed by atoms with van der Waals surface area (Å²) in [6.07, 6.45) is 3.08. The molecule has 1 aromatic heterocycles. The quantitative estimate of drug-likeness (QED) is 0.853. The lowest BCUT2D eigenvalue weighted by Gasteiger charge is -2.38. The average molecular weight is 292 g/mol. The zero-order valence-electron chi connectivity index (χ0n) is 11.0. The summed E-state index contributed by atoms with van der Waals surface area (Å²) in [6.45, 7) is 2.29. The largest absolute Gasteiger partial charge is 0.321 e. The summed E-state index contributed by atoms with van der Waals surface area (Å²) in [7, 11) is 0. The van der Waals surface area contributed by atoms with Crippen LogP contribution < -0.4 is 5.73 Å². The summed E-state index contributed by atoms with van der Waals surface area (Å²) >= 11 is 7.67. The van der Waals surface area contributed by atoms with Gasteiger partial charge in [0.1, 0.15) is 0 Å². The van der Waals surface area contributed by atoms with Crippen LogP contribution in [0.3, 0.4) is 0 Å². The first-order valence-corrected chi connectivity index (χ1v) is 7.90. The summed E-state index contributed by atoms with van der Waals surface area (Å²) in [4.78, 5) is 1.27. The molecular formula is C16H18ClNS. The van der Waals surface area contributed by atoms with E-state index in [1.54, 1.807) is 11.3 Å². The highest BCUT2D eigenvalue weighted by Gasteiger charge is 2.35. The Bertz CT molecular complexity index is 592. The van der Waals surface area contributed by atoms with Gasteiger partial charge in [0.15, 0.2) is 0 Å². The van der Waals surface area contributed by atoms with Crippen LogP contribution in [0.5, 0.6) is 0 Å². The van der Waals surface area contributed by atoms with E-state index in [2.05, 4.69) is 37.3 Å². The zero-order valence-corrected chi connectivity index (χ0v) is 12.6. The Morgan fingerprint density at radius 2 is 2.11 bits per heavy atom. The molecule has 0 saturated heterocycles. The van der Waals surface area contributed by atoms with Gasteiger partial charge in [-0.1, -0.05) is 42.8 Å². The van der Waals surface area contributed by atoms with Crippen LogP contribution >= 0.6 is 22.9 Å². The van der Waals surface area contributed by atoms with Crippen LogP contribution in [0.1, 0.15) is 41.7 Å². The van der Waals surface area contributed by atoms with Crippen molar-refractivity contribution in [3.05, 3.63) is 56.7 Å². The van der Waals surface area contributed by atoms with Crippen LogP contribution in [0.15, 0.2) is 36.4 Å². The molecule has 0 saturated carbocycles. The molecule has 0 radical (unpaired) electrons. The topological polar surface area (TPSA) is 26.0 Å². The Balaban J connectivity index is 1.98. The number of hydrogen-bond donors (Lipinski definition) is 1. The third-order valence-electron chi connectivity index (χ3n) is 4.17. The van der Waals surface area contributed by atoms with Gasteiger partial charge in [-0.2, -0.15) is 0 Å². The molecule has 0 spiro atoms. The Hall–Kier alpha value is -0.830. The molecule has 3 rings (SSSR count). The number of benzene rings is 1. The maximum atomic E-state index is 6.74. The van der Waals surface area contributed by atoms with E-state index in [4.69, 9.17) is 17.3 Å². The lowest BCUT2D eigenvalue weighted by Crippen LogP contribution is -2.42. The number of nitrogens with two attached hydrogens (primary N) is 1. The van der Waals surface area contributed by atoms with Gasteiger partial charge in [-0.3, -0.25) is 0 Å². The van der Waals surface area contributed by atoms with E-state index >= 15 is 0 Å². The molecule has 2 aromatic rings. The number of hydrogen-bond acceptors (Lipinski definition) is 2. The van der Waals surface area contributed by atoms with Crippen molar-refractivity contribution in [3.8, 4) is 0 Å². The molecular weight excluding hydrogens is 274 g/mol. The van der Waals surface area contributed by atoms with Crippen LogP contribution in [-0.4, -0.2) is 0 Å². The Kier molecular flexibility index (Phi) is 3.42. The highest BCUT2D eigenvalue weighted by molar-refractivity contribution is 7.16. The third kappa shape index (κ3) is 2.45. The first kappa shape index (κ1) is 13.2. The van der Waals surface area contributed by atoms with Crippen LogP contribution in [0, 0.1) is 0 Å². The van der Waals surface area contributed by atoms with Gasteiger partial charge in [0.05, 0.1) is 4.34 Å². The standard InChI is InChI=1S/C16H18ClNS/c1-11-8-9-16(18,10-12-6-7-15(17)19-12)14-5-3-2-4-13(11)14/h2-7,11H,8-10,18H2,1H3. The molecule has 1 aliphatic rings. The lowest BCUT2D eigenvalue weighted by atomic mass is 9.71. The summed E-state index contributed by atoms with van der Waals surface area (Å²) in [5.41, 5.74) is 9.23. The van der Waals surface area contributed by atoms with Gasteiger partial charge in [0.25, 0.3) is 0 Å². The first-order valence-electron chi connectivity index (χ1n) is 6.71. The number of rotatable bonds is 2. The molecule has 0 fully saturated rings. The summed E-state index contributed by atoms with van der Waals surface area (Å²) in [6, 6.07) is 12.7. The summed E-state index contributed by atoms with van der Waals surface area (Å²) in [5.74, 6) is 0.611. The van der Waals surface area contributed by atoms with Crippen molar-refractivity contribution < 1.29 is 0 Å². The minimum atomic E-state index is -0.239. The van der Waals surface area contributed by atoms with E-state index in [1.165, 1.54) is 16.0 Å². The molecule has 0 bridgehead atoms. The third-order valence-corrected chi connectivity index (χ3v) is 5.40. The monoisotopic (exact) mass is 291 g/mol. The Labute approximate surface area is 123 Å². The van der Waals surface area contributed by atoms with Gasteiger partial charge in [0, 0.05) is 16.8 Å². The van der Waals surface area contributed by atoms with Crippen molar-refractivity contribution in [2.75, 3.05) is 0 Å². The smallest absolute Gasteiger partial charge is 0.0931 e. The van der Waals surface area contributed by atoms with Gasteiger partial charge in [-0.25, -0.2) is 0 Å². The molecule has 1 heterocycles. The minimum Gasteiger partial charge on any atom is -0.321 e. The van der Waals surface area contributed by atoms with Gasteiger partial charge < -0.3 is 5.73 Å². The van der Waals surface area contributed by atoms with E-state index in [9.17, 15) is 0 Å². The maximum absolute atomic E-state index is 6.74. The molecule has 1 aromatic carbocycles. The Morgan fingerprint density at radius 1 is 1.32 bits per heavy atom. The molecule has 2 unspecified atom stereocenters. The molecule has 19 heavy (non-hydrogen) atoms. The van der Waals surface area contributed by atoms with Crippen molar-refractivity contribution in [2.24, 2.45) is 5.73 Å². The molecule has 3 heteroatoms. The number of fused-ring (bicyclic) bond motifs is 1. The highest BCUT2D eigenvalue weighted by Crippen LogP contribution is 2.42. The van der Waals surface area contributed by atoms with Gasteiger partial charge in [0.2, 0.25) is 0 Å². The predicted octanol–water partition coefficient (Wildman–Crippen LogP) is 4.70. The van der Waals surface area contributed by atoms with Crippen LogP contribution in [-0.2, 0) is 12.0 Å². The predicted molar refractivity (Wildman–Crippen MR) is 83.0 cm³/mol. The van der Waals surface area contributed by atoms with Crippen molar-refractivity contribution in [1.82, 2.24) is 0 Å². The molecule has 100 valence electrons. The number of thiophene rings is 1. The Morgan fingerprint density at radius 3 is 2.84 bits per heavy atom. The van der Waals surface area contributed by atoms with Crippen molar-refractivity contribution in [3.63, 3.8) is 0 Å². The average Bonchev–Trinajstić information content (AvgIpc) is 2.80. The normalized spacial score (nSPS) is 26.2. The number of halogens is 1. The fourth-order valence-electron chi connectivity index (χ4n) is 3.09. The maximum Gasteiger partial charge on any atom is 0.0931 e. The summed E-state index contributed by atoms with van der Waals surface area (Å²) < 4.78 is 0.844. The second-order valence-corrected chi connectivity index (χ2v) is 7.37. The van der Waals surface area contributed by atoms with Crippen molar-refractivity contribution in [2.45, 2.75) is 37.6 Å². The molecule has 0 amide bonds. The molecule has 1 aliphatic carbocycles. The zero-order chi connectivity index (χ0) is 13.5. The molecule has 1 nitrogen and oxygen atoms in total. The van der Waals surface area contributed by atoms with Crippen LogP contribution in [0.2, 0.25) is 4.34 Å². The van der Waals surface area contributed by atoms with E-state index in [0.29, 0.717) is 5.92 Å². The summed E-state index contributed by atoms with van der Waals surface area (Å²) in [5, 5.41) is 0. The SMILES string of the molecule is CC1CCC(N)(Cc2ccc(Cl)s2)c2ccccc21. The fraction of sp³-hybridized carbons (Fsp3) is 0.375. The fourth-order valence-corrected chi connectivity index (χ4v) is 4.30. The first-order chi connectivity index (χ1) is 9.08. The van der Waals surface area contributed by atoms with E-state index in [1.807, 2.05) is 6.07 Å². The second kappa shape index (κ2) is 4.93. The molecule has 2 N–H and O–H groups in total. The van der Waals surface area contributed by atoms with Crippen molar-refractivity contribution >= 4 is 22.9 Å².